The monoisotopic (exact) mass is 255 g/mol. The molecule has 94 valence electrons. The van der Waals surface area contributed by atoms with Crippen LogP contribution in [0.15, 0.2) is 18.2 Å². The third-order valence-electron chi connectivity index (χ3n) is 2.49. The Bertz CT molecular complexity index is 380. The normalized spacial score (nSPS) is 10.1. The molecule has 0 unspecified atom stereocenters. The molecule has 3 nitrogen and oxygen atoms in total. The summed E-state index contributed by atoms with van der Waals surface area (Å²) in [7, 11) is 1.57. The maximum Gasteiger partial charge on any atom is 0.252 e. The zero-order chi connectivity index (χ0) is 12.7. The topological polar surface area (TPSA) is 38.3 Å². The largest absolute Gasteiger partial charge is 0.497 e. The first-order valence-electron chi connectivity index (χ1n) is 5.80. The zero-order valence-electron chi connectivity index (χ0n) is 10.3. The lowest BCUT2D eigenvalue weighted by Crippen LogP contribution is -2.24. The molecule has 4 heteroatoms. The Labute approximate surface area is 107 Å². The number of hydrogen-bond acceptors (Lipinski definition) is 2. The van der Waals surface area contributed by atoms with Gasteiger partial charge < -0.3 is 10.1 Å². The first-order chi connectivity index (χ1) is 8.19. The second-order valence-electron chi connectivity index (χ2n) is 3.81. The van der Waals surface area contributed by atoms with Crippen LogP contribution in [-0.2, 0) is 0 Å². The van der Waals surface area contributed by atoms with Gasteiger partial charge in [-0.1, -0.05) is 31.4 Å². The number of carbonyl (C=O) groups excluding carboxylic acids is 1. The fraction of sp³-hybridized carbons (Fsp3) is 0.462. The number of nitrogens with one attached hydrogen (secondary N) is 1. The highest BCUT2D eigenvalue weighted by Crippen LogP contribution is 2.22. The summed E-state index contributed by atoms with van der Waals surface area (Å²) < 4.78 is 5.03. The van der Waals surface area contributed by atoms with Gasteiger partial charge in [-0.25, -0.2) is 0 Å². The quantitative estimate of drug-likeness (QED) is 0.793. The molecule has 1 aromatic carbocycles. The molecule has 0 spiro atoms. The molecule has 1 aromatic rings. The predicted octanol–water partition coefficient (Wildman–Crippen LogP) is 3.27. The van der Waals surface area contributed by atoms with Gasteiger partial charge in [-0.2, -0.15) is 0 Å². The number of benzene rings is 1. The predicted molar refractivity (Wildman–Crippen MR) is 69.9 cm³/mol. The minimum absolute atomic E-state index is 0.131. The van der Waals surface area contributed by atoms with Crippen LogP contribution < -0.4 is 10.1 Å². The number of methoxy groups -OCH3 is 1. The van der Waals surface area contributed by atoms with E-state index >= 15 is 0 Å². The Morgan fingerprint density at radius 2 is 2.18 bits per heavy atom. The molecule has 1 amide bonds. The van der Waals surface area contributed by atoms with Crippen molar-refractivity contribution in [3.8, 4) is 5.75 Å². The summed E-state index contributed by atoms with van der Waals surface area (Å²) in [6, 6.07) is 5.05. The van der Waals surface area contributed by atoms with Crippen molar-refractivity contribution in [2.45, 2.75) is 26.2 Å². The highest BCUT2D eigenvalue weighted by atomic mass is 35.5. The number of ether oxygens (including phenoxy) is 1. The average molecular weight is 256 g/mol. The lowest BCUT2D eigenvalue weighted by molar-refractivity contribution is 0.0953. The van der Waals surface area contributed by atoms with E-state index in [1.54, 1.807) is 25.3 Å². The average Bonchev–Trinajstić information content (AvgIpc) is 2.34. The minimum Gasteiger partial charge on any atom is -0.497 e. The van der Waals surface area contributed by atoms with Gasteiger partial charge in [0.2, 0.25) is 0 Å². The van der Waals surface area contributed by atoms with Crippen molar-refractivity contribution in [1.29, 1.82) is 0 Å². The van der Waals surface area contributed by atoms with Crippen LogP contribution in [-0.4, -0.2) is 19.6 Å². The second kappa shape index (κ2) is 7.17. The second-order valence-corrected chi connectivity index (χ2v) is 4.22. The van der Waals surface area contributed by atoms with Gasteiger partial charge in [0.15, 0.2) is 0 Å². The lowest BCUT2D eigenvalue weighted by atomic mass is 10.2. The fourth-order valence-corrected chi connectivity index (χ4v) is 1.74. The summed E-state index contributed by atoms with van der Waals surface area (Å²) in [5.74, 6) is 0.520. The lowest BCUT2D eigenvalue weighted by Gasteiger charge is -2.07. The van der Waals surface area contributed by atoms with E-state index in [0.717, 1.165) is 19.3 Å². The third-order valence-corrected chi connectivity index (χ3v) is 2.80. The molecule has 1 N–H and O–H groups in total. The summed E-state index contributed by atoms with van der Waals surface area (Å²) in [6.07, 6.45) is 3.26. The molecule has 0 bridgehead atoms. The molecule has 0 saturated carbocycles. The first kappa shape index (κ1) is 13.8. The third kappa shape index (κ3) is 4.27. The van der Waals surface area contributed by atoms with E-state index in [0.29, 0.717) is 22.9 Å². The molecule has 17 heavy (non-hydrogen) atoms. The van der Waals surface area contributed by atoms with E-state index in [-0.39, 0.29) is 5.91 Å². The molecule has 0 aromatic heterocycles. The van der Waals surface area contributed by atoms with Crippen molar-refractivity contribution >= 4 is 17.5 Å². The maximum absolute atomic E-state index is 11.8. The Hall–Kier alpha value is -1.22. The van der Waals surface area contributed by atoms with Gasteiger partial charge in [0.05, 0.1) is 17.7 Å². The molecule has 0 radical (unpaired) electrons. The summed E-state index contributed by atoms with van der Waals surface area (Å²) in [5, 5.41) is 3.26. The van der Waals surface area contributed by atoms with Gasteiger partial charge in [-0.05, 0) is 24.6 Å². The van der Waals surface area contributed by atoms with Crippen molar-refractivity contribution in [2.24, 2.45) is 0 Å². The van der Waals surface area contributed by atoms with E-state index in [1.807, 2.05) is 0 Å². The van der Waals surface area contributed by atoms with Crippen LogP contribution in [0.3, 0.4) is 0 Å². The molecule has 0 fully saturated rings. The molecule has 0 aliphatic carbocycles. The van der Waals surface area contributed by atoms with Crippen molar-refractivity contribution in [1.82, 2.24) is 5.32 Å². The number of amides is 1. The molecule has 0 aliphatic heterocycles. The molecule has 0 heterocycles. The molecule has 1 rings (SSSR count). The van der Waals surface area contributed by atoms with Gasteiger partial charge in [0, 0.05) is 6.54 Å². The van der Waals surface area contributed by atoms with E-state index in [1.165, 1.54) is 0 Å². The smallest absolute Gasteiger partial charge is 0.252 e. The SMILES string of the molecule is CCCCCNC(=O)c1ccc(OC)cc1Cl. The minimum atomic E-state index is -0.131. The fourth-order valence-electron chi connectivity index (χ4n) is 1.48. The van der Waals surface area contributed by atoms with Gasteiger partial charge in [-0.3, -0.25) is 4.79 Å². The number of rotatable bonds is 6. The van der Waals surface area contributed by atoms with Crippen LogP contribution >= 0.6 is 11.6 Å². The Balaban J connectivity index is 2.57. The van der Waals surface area contributed by atoms with Gasteiger partial charge in [0.1, 0.15) is 5.75 Å². The summed E-state index contributed by atoms with van der Waals surface area (Å²) >= 11 is 6.00. The van der Waals surface area contributed by atoms with Crippen LogP contribution in [0, 0.1) is 0 Å². The molecule has 0 aliphatic rings. The van der Waals surface area contributed by atoms with Crippen LogP contribution in [0.2, 0.25) is 5.02 Å². The number of unbranched alkanes of at least 4 members (excludes halogenated alkanes) is 2. The van der Waals surface area contributed by atoms with Gasteiger partial charge in [0.25, 0.3) is 5.91 Å². The molecule has 0 atom stereocenters. The zero-order valence-corrected chi connectivity index (χ0v) is 11.0. The Morgan fingerprint density at radius 1 is 1.41 bits per heavy atom. The number of carbonyl (C=O) groups is 1. The maximum atomic E-state index is 11.8. The molecule has 0 saturated heterocycles. The van der Waals surface area contributed by atoms with Crippen molar-refractivity contribution in [3.05, 3.63) is 28.8 Å². The Morgan fingerprint density at radius 3 is 2.76 bits per heavy atom. The van der Waals surface area contributed by atoms with E-state index in [4.69, 9.17) is 16.3 Å². The molecular formula is C13H18ClNO2. The van der Waals surface area contributed by atoms with Crippen molar-refractivity contribution in [2.75, 3.05) is 13.7 Å². The number of hydrogen-bond donors (Lipinski definition) is 1. The number of halogens is 1. The van der Waals surface area contributed by atoms with Gasteiger partial charge in [-0.15, -0.1) is 0 Å². The van der Waals surface area contributed by atoms with E-state index in [9.17, 15) is 4.79 Å². The Kier molecular flexibility index (Phi) is 5.84. The van der Waals surface area contributed by atoms with Crippen LogP contribution in [0.1, 0.15) is 36.5 Å². The van der Waals surface area contributed by atoms with Crippen molar-refractivity contribution in [3.63, 3.8) is 0 Å². The van der Waals surface area contributed by atoms with Crippen LogP contribution in [0.4, 0.5) is 0 Å². The summed E-state index contributed by atoms with van der Waals surface area (Å²) in [5.41, 5.74) is 0.490. The first-order valence-corrected chi connectivity index (χ1v) is 6.18. The molecular weight excluding hydrogens is 238 g/mol. The van der Waals surface area contributed by atoms with E-state index in [2.05, 4.69) is 12.2 Å². The van der Waals surface area contributed by atoms with Crippen molar-refractivity contribution < 1.29 is 9.53 Å². The van der Waals surface area contributed by atoms with E-state index < -0.39 is 0 Å². The van der Waals surface area contributed by atoms with Crippen LogP contribution in [0.5, 0.6) is 5.75 Å². The summed E-state index contributed by atoms with van der Waals surface area (Å²) in [6.45, 7) is 2.82. The highest BCUT2D eigenvalue weighted by molar-refractivity contribution is 6.34. The highest BCUT2D eigenvalue weighted by Gasteiger charge is 2.10. The standard InChI is InChI=1S/C13H18ClNO2/c1-3-4-5-8-15-13(16)11-7-6-10(17-2)9-12(11)14/h6-7,9H,3-5,8H2,1-2H3,(H,15,16). The van der Waals surface area contributed by atoms with Crippen LogP contribution in [0.25, 0.3) is 0 Å². The van der Waals surface area contributed by atoms with Gasteiger partial charge >= 0.3 is 0 Å². The summed E-state index contributed by atoms with van der Waals surface area (Å²) in [4.78, 5) is 11.8.